The molecule has 1 unspecified atom stereocenters. The van der Waals surface area contributed by atoms with Crippen molar-refractivity contribution < 1.29 is 14.0 Å². The van der Waals surface area contributed by atoms with E-state index in [1.165, 1.54) is 0 Å². The quantitative estimate of drug-likeness (QED) is 0.586. The average Bonchev–Trinajstić information content (AvgIpc) is 3.07. The number of rotatable bonds is 5. The van der Waals surface area contributed by atoms with Crippen LogP contribution >= 0.6 is 0 Å². The van der Waals surface area contributed by atoms with E-state index >= 15 is 0 Å². The van der Waals surface area contributed by atoms with Crippen LogP contribution in [0.5, 0.6) is 0 Å². The van der Waals surface area contributed by atoms with Gasteiger partial charge in [-0.25, -0.2) is 4.98 Å². The fraction of sp³-hybridized carbons (Fsp3) is 0.423. The lowest BCUT2D eigenvalue weighted by atomic mass is 9.90. The van der Waals surface area contributed by atoms with Crippen molar-refractivity contribution in [2.24, 2.45) is 7.05 Å². The standard InChI is InChI=1S/C26H33N5O2/c1-8-22-24(23(33-7)11-12-31(22,5)6)20-15-18(14-17(3)27-20)25(32)29-26-28-19-10-9-16(2)13-21(19)30(26)4/h9-10,13-15,22H,8,11-12H2,1-7H3/p+1. The fourth-order valence-corrected chi connectivity index (χ4v) is 4.96. The van der Waals surface area contributed by atoms with Gasteiger partial charge in [-0.1, -0.05) is 13.0 Å². The van der Waals surface area contributed by atoms with Crippen molar-refractivity contribution in [3.05, 3.63) is 58.6 Å². The Hall–Kier alpha value is -3.19. The van der Waals surface area contributed by atoms with Gasteiger partial charge in [-0.15, -0.1) is 0 Å². The minimum Gasteiger partial charge on any atom is -0.500 e. The van der Waals surface area contributed by atoms with Crippen molar-refractivity contribution in [2.75, 3.05) is 33.1 Å². The van der Waals surface area contributed by atoms with Crippen molar-refractivity contribution in [1.29, 1.82) is 0 Å². The number of nitrogens with one attached hydrogen (secondary N) is 1. The van der Waals surface area contributed by atoms with E-state index in [9.17, 15) is 4.79 Å². The van der Waals surface area contributed by atoms with E-state index in [-0.39, 0.29) is 11.9 Å². The van der Waals surface area contributed by atoms with Crippen LogP contribution in [-0.4, -0.2) is 58.7 Å². The molecule has 1 atom stereocenters. The summed E-state index contributed by atoms with van der Waals surface area (Å²) in [7, 11) is 8.14. The lowest BCUT2D eigenvalue weighted by Gasteiger charge is -2.42. The highest BCUT2D eigenvalue weighted by Gasteiger charge is 2.38. The van der Waals surface area contributed by atoms with E-state index in [0.29, 0.717) is 11.5 Å². The lowest BCUT2D eigenvalue weighted by Crippen LogP contribution is -2.52. The van der Waals surface area contributed by atoms with Gasteiger partial charge in [0.05, 0.1) is 56.5 Å². The Morgan fingerprint density at radius 2 is 1.97 bits per heavy atom. The molecule has 0 saturated heterocycles. The highest BCUT2D eigenvalue weighted by molar-refractivity contribution is 6.04. The molecule has 3 aromatic rings. The summed E-state index contributed by atoms with van der Waals surface area (Å²) in [5.41, 5.74) is 6.27. The van der Waals surface area contributed by atoms with E-state index in [1.54, 1.807) is 7.11 Å². The molecule has 33 heavy (non-hydrogen) atoms. The first-order chi connectivity index (χ1) is 15.6. The maximum absolute atomic E-state index is 13.3. The summed E-state index contributed by atoms with van der Waals surface area (Å²) in [6.45, 7) is 7.18. The summed E-state index contributed by atoms with van der Waals surface area (Å²) in [4.78, 5) is 22.7. The highest BCUT2D eigenvalue weighted by atomic mass is 16.5. The molecule has 7 nitrogen and oxygen atoms in total. The maximum atomic E-state index is 13.3. The van der Waals surface area contributed by atoms with Crippen LogP contribution in [0.1, 0.15) is 47.1 Å². The van der Waals surface area contributed by atoms with E-state index in [2.05, 4.69) is 37.4 Å². The molecular weight excluding hydrogens is 414 g/mol. The van der Waals surface area contributed by atoms with Gasteiger partial charge in [0.15, 0.2) is 0 Å². The number of hydrogen-bond acceptors (Lipinski definition) is 4. The molecular formula is C26H34N5O2+. The highest BCUT2D eigenvalue weighted by Crippen LogP contribution is 2.36. The number of benzene rings is 1. The second kappa shape index (κ2) is 8.63. The second-order valence-electron chi connectivity index (χ2n) is 9.54. The molecule has 1 aromatic carbocycles. The molecule has 0 spiro atoms. The summed E-state index contributed by atoms with van der Waals surface area (Å²) >= 11 is 0. The van der Waals surface area contributed by atoms with Crippen LogP contribution in [0, 0.1) is 13.8 Å². The number of nitrogens with zero attached hydrogens (tertiary/aromatic N) is 4. The first-order valence-corrected chi connectivity index (χ1v) is 11.5. The molecule has 0 fully saturated rings. The Morgan fingerprint density at radius 1 is 1.21 bits per heavy atom. The van der Waals surface area contributed by atoms with E-state index in [4.69, 9.17) is 9.72 Å². The van der Waals surface area contributed by atoms with Crippen LogP contribution in [0.3, 0.4) is 0 Å². The summed E-state index contributed by atoms with van der Waals surface area (Å²) in [5, 5.41) is 2.99. The smallest absolute Gasteiger partial charge is 0.258 e. The molecule has 1 N–H and O–H groups in total. The molecule has 1 amide bonds. The summed E-state index contributed by atoms with van der Waals surface area (Å²) in [5.74, 6) is 1.29. The van der Waals surface area contributed by atoms with Gasteiger partial charge in [-0.3, -0.25) is 15.1 Å². The molecule has 7 heteroatoms. The van der Waals surface area contributed by atoms with Crippen LogP contribution < -0.4 is 5.32 Å². The number of carbonyl (C=O) groups is 1. The lowest BCUT2D eigenvalue weighted by molar-refractivity contribution is -0.908. The van der Waals surface area contributed by atoms with Gasteiger partial charge in [0.1, 0.15) is 11.8 Å². The van der Waals surface area contributed by atoms with Crippen LogP contribution in [-0.2, 0) is 11.8 Å². The number of anilines is 1. The van der Waals surface area contributed by atoms with Crippen molar-refractivity contribution in [3.63, 3.8) is 0 Å². The van der Waals surface area contributed by atoms with E-state index in [1.807, 2.05) is 49.7 Å². The van der Waals surface area contributed by atoms with Crippen molar-refractivity contribution >= 4 is 28.5 Å². The van der Waals surface area contributed by atoms with E-state index < -0.39 is 0 Å². The first kappa shape index (κ1) is 23.0. The van der Waals surface area contributed by atoms with Gasteiger partial charge in [-0.05, 0) is 43.7 Å². The zero-order chi connectivity index (χ0) is 23.9. The molecule has 3 heterocycles. The molecule has 0 aliphatic carbocycles. The molecule has 2 aromatic heterocycles. The minimum absolute atomic E-state index is 0.200. The van der Waals surface area contributed by atoms with Gasteiger partial charge in [0.25, 0.3) is 5.91 Å². The summed E-state index contributed by atoms with van der Waals surface area (Å²) in [6.07, 6.45) is 1.82. The number of imidazole rings is 1. The average molecular weight is 449 g/mol. The SMILES string of the molecule is CCC1C(c2cc(C(=O)Nc3nc4ccc(C)cc4n3C)cc(C)n2)=C(OC)CC[N+]1(C)C. The Kier molecular flexibility index (Phi) is 6.01. The number of methoxy groups -OCH3 is 1. The second-order valence-corrected chi connectivity index (χ2v) is 9.54. The predicted molar refractivity (Wildman–Crippen MR) is 132 cm³/mol. The third-order valence-corrected chi connectivity index (χ3v) is 6.78. The number of ether oxygens (including phenoxy) is 1. The molecule has 0 radical (unpaired) electrons. The zero-order valence-corrected chi connectivity index (χ0v) is 20.7. The number of aryl methyl sites for hydroxylation is 3. The third-order valence-electron chi connectivity index (χ3n) is 6.78. The largest absolute Gasteiger partial charge is 0.500 e. The Balaban J connectivity index is 1.72. The summed E-state index contributed by atoms with van der Waals surface area (Å²) in [6, 6.07) is 10.0. The van der Waals surface area contributed by atoms with Crippen molar-refractivity contribution in [2.45, 2.75) is 39.7 Å². The Morgan fingerprint density at radius 3 is 2.67 bits per heavy atom. The monoisotopic (exact) mass is 448 g/mol. The maximum Gasteiger partial charge on any atom is 0.258 e. The number of amides is 1. The molecule has 174 valence electrons. The van der Waals surface area contributed by atoms with Crippen LogP contribution in [0.2, 0.25) is 0 Å². The minimum atomic E-state index is -0.200. The first-order valence-electron chi connectivity index (χ1n) is 11.5. The molecule has 1 aliphatic heterocycles. The summed E-state index contributed by atoms with van der Waals surface area (Å²) < 4.78 is 8.58. The number of carbonyl (C=O) groups excluding carboxylic acids is 1. The number of hydrogen-bond donors (Lipinski definition) is 1. The number of quaternary nitrogens is 1. The number of aromatic nitrogens is 3. The number of pyridine rings is 1. The van der Waals surface area contributed by atoms with Gasteiger partial charge in [0, 0.05) is 24.7 Å². The number of fused-ring (bicyclic) bond motifs is 1. The molecule has 0 saturated carbocycles. The van der Waals surface area contributed by atoms with Crippen molar-refractivity contribution in [1.82, 2.24) is 14.5 Å². The number of likely N-dealkylation sites (N-methyl/N-ethyl adjacent to an activating group) is 1. The topological polar surface area (TPSA) is 69.0 Å². The Bertz CT molecular complexity index is 1260. The zero-order valence-electron chi connectivity index (χ0n) is 20.7. The Labute approximate surface area is 195 Å². The third kappa shape index (κ3) is 4.25. The van der Waals surface area contributed by atoms with Gasteiger partial charge in [-0.2, -0.15) is 0 Å². The van der Waals surface area contributed by atoms with Gasteiger partial charge < -0.3 is 13.8 Å². The van der Waals surface area contributed by atoms with Crippen LogP contribution in [0.15, 0.2) is 36.1 Å². The van der Waals surface area contributed by atoms with Crippen LogP contribution in [0.4, 0.5) is 5.95 Å². The fourth-order valence-electron chi connectivity index (χ4n) is 4.96. The molecule has 0 bridgehead atoms. The van der Waals surface area contributed by atoms with Gasteiger partial charge in [0.2, 0.25) is 5.95 Å². The van der Waals surface area contributed by atoms with Gasteiger partial charge >= 0.3 is 0 Å². The molecule has 1 aliphatic rings. The predicted octanol–water partition coefficient (Wildman–Crippen LogP) is 4.45. The van der Waals surface area contributed by atoms with Crippen LogP contribution in [0.25, 0.3) is 16.6 Å². The van der Waals surface area contributed by atoms with E-state index in [0.717, 1.165) is 63.2 Å². The van der Waals surface area contributed by atoms with Crippen molar-refractivity contribution in [3.8, 4) is 0 Å². The molecule has 4 rings (SSSR count). The normalized spacial score (nSPS) is 18.0.